The van der Waals surface area contributed by atoms with Gasteiger partial charge >= 0.3 is 18.0 Å². The maximum Gasteiger partial charge on any atom is 0.329 e. The second kappa shape index (κ2) is 5.91. The van der Waals surface area contributed by atoms with Crippen molar-refractivity contribution < 1.29 is 24.2 Å². The van der Waals surface area contributed by atoms with E-state index in [9.17, 15) is 19.5 Å². The number of amides is 2. The van der Waals surface area contributed by atoms with Crippen LogP contribution in [0.1, 0.15) is 39.5 Å². The first-order valence-electron chi connectivity index (χ1n) is 7.39. The molecule has 7 heteroatoms. The second-order valence-electron chi connectivity index (χ2n) is 5.82. The number of carboxylic acids is 1. The van der Waals surface area contributed by atoms with Crippen molar-refractivity contribution >= 4 is 18.0 Å². The van der Waals surface area contributed by atoms with E-state index < -0.39 is 29.6 Å². The molecule has 2 rings (SSSR count). The molecular weight excluding hydrogens is 276 g/mol. The number of aliphatic carboxylic acids is 1. The minimum atomic E-state index is -1.26. The van der Waals surface area contributed by atoms with Gasteiger partial charge in [0, 0.05) is 6.54 Å². The molecule has 0 aromatic rings. The first-order valence-corrected chi connectivity index (χ1v) is 7.39. The summed E-state index contributed by atoms with van der Waals surface area (Å²) < 4.78 is 4.97. The number of carbonyl (C=O) groups is 3. The molecule has 1 aliphatic carbocycles. The van der Waals surface area contributed by atoms with Gasteiger partial charge in [0.15, 0.2) is 0 Å². The molecular formula is C14H22N2O5. The number of nitrogens with one attached hydrogen (secondary N) is 1. The average Bonchev–Trinajstić information content (AvgIpc) is 3.16. The first-order chi connectivity index (χ1) is 9.90. The summed E-state index contributed by atoms with van der Waals surface area (Å²) in [7, 11) is 0. The topological polar surface area (TPSA) is 95.9 Å². The second-order valence-corrected chi connectivity index (χ2v) is 5.82. The van der Waals surface area contributed by atoms with Gasteiger partial charge in [-0.15, -0.1) is 0 Å². The van der Waals surface area contributed by atoms with Crippen molar-refractivity contribution in [3.8, 4) is 0 Å². The van der Waals surface area contributed by atoms with Gasteiger partial charge in [0.2, 0.25) is 0 Å². The number of rotatable bonds is 5. The van der Waals surface area contributed by atoms with E-state index in [4.69, 9.17) is 4.74 Å². The van der Waals surface area contributed by atoms with Crippen LogP contribution >= 0.6 is 0 Å². The van der Waals surface area contributed by atoms with Crippen LogP contribution in [0, 0.1) is 5.92 Å². The van der Waals surface area contributed by atoms with Crippen molar-refractivity contribution in [2.75, 3.05) is 13.2 Å². The fourth-order valence-electron chi connectivity index (χ4n) is 2.78. The summed E-state index contributed by atoms with van der Waals surface area (Å²) in [4.78, 5) is 37.0. The summed E-state index contributed by atoms with van der Waals surface area (Å²) >= 11 is 0. The SMILES string of the molecule is CCOC(=O)C1CCCN1C(=O)NC(C)(C(=O)O)C1CC1. The lowest BCUT2D eigenvalue weighted by Gasteiger charge is -2.31. The van der Waals surface area contributed by atoms with E-state index in [0.717, 1.165) is 12.8 Å². The highest BCUT2D eigenvalue weighted by atomic mass is 16.5. The minimum Gasteiger partial charge on any atom is -0.480 e. The Balaban J connectivity index is 2.04. The fourth-order valence-corrected chi connectivity index (χ4v) is 2.78. The number of hydrogen-bond donors (Lipinski definition) is 2. The third-order valence-electron chi connectivity index (χ3n) is 4.28. The predicted octanol–water partition coefficient (Wildman–Crippen LogP) is 0.977. The van der Waals surface area contributed by atoms with Crippen LogP contribution in [0.5, 0.6) is 0 Å². The summed E-state index contributed by atoms with van der Waals surface area (Å²) in [6, 6.07) is -1.11. The maximum absolute atomic E-state index is 12.4. The molecule has 1 aliphatic heterocycles. The number of esters is 1. The average molecular weight is 298 g/mol. The number of urea groups is 1. The fraction of sp³-hybridized carbons (Fsp3) is 0.786. The van der Waals surface area contributed by atoms with Crippen LogP contribution in [0.4, 0.5) is 4.79 Å². The summed E-state index contributed by atoms with van der Waals surface area (Å²) in [6.07, 6.45) is 2.86. The van der Waals surface area contributed by atoms with Gasteiger partial charge in [-0.25, -0.2) is 14.4 Å². The van der Waals surface area contributed by atoms with Gasteiger partial charge in [0.25, 0.3) is 0 Å². The Bertz CT molecular complexity index is 449. The normalized spacial score (nSPS) is 24.3. The molecule has 0 radical (unpaired) electrons. The van der Waals surface area contributed by atoms with Crippen molar-refractivity contribution in [3.63, 3.8) is 0 Å². The molecule has 0 aromatic carbocycles. The Labute approximate surface area is 123 Å². The molecule has 2 fully saturated rings. The lowest BCUT2D eigenvalue weighted by molar-refractivity contribution is -0.147. The molecule has 21 heavy (non-hydrogen) atoms. The van der Waals surface area contributed by atoms with Crippen molar-refractivity contribution in [1.82, 2.24) is 10.2 Å². The molecule has 1 heterocycles. The van der Waals surface area contributed by atoms with E-state index in [1.807, 2.05) is 0 Å². The zero-order chi connectivity index (χ0) is 15.6. The molecule has 0 bridgehead atoms. The van der Waals surface area contributed by atoms with Crippen LogP contribution in [0.15, 0.2) is 0 Å². The standard InChI is InChI=1S/C14H22N2O5/c1-3-21-11(17)10-5-4-8-16(10)13(20)15-14(2,12(18)19)9-6-7-9/h9-10H,3-8H2,1-2H3,(H,15,20)(H,18,19). The van der Waals surface area contributed by atoms with E-state index in [1.54, 1.807) is 6.92 Å². The number of carbonyl (C=O) groups excluding carboxylic acids is 2. The summed E-state index contributed by atoms with van der Waals surface area (Å²) in [6.45, 7) is 3.95. The Morgan fingerprint density at radius 2 is 2.00 bits per heavy atom. The van der Waals surface area contributed by atoms with Gasteiger partial charge in [-0.1, -0.05) is 0 Å². The van der Waals surface area contributed by atoms with E-state index in [2.05, 4.69) is 5.32 Å². The quantitative estimate of drug-likeness (QED) is 0.737. The van der Waals surface area contributed by atoms with Gasteiger partial charge in [-0.2, -0.15) is 0 Å². The molecule has 2 amide bonds. The Kier molecular flexibility index (Phi) is 4.39. The largest absolute Gasteiger partial charge is 0.480 e. The zero-order valence-electron chi connectivity index (χ0n) is 12.4. The molecule has 0 spiro atoms. The smallest absolute Gasteiger partial charge is 0.329 e. The van der Waals surface area contributed by atoms with Crippen molar-refractivity contribution in [2.45, 2.75) is 51.1 Å². The number of likely N-dealkylation sites (tertiary alicyclic amines) is 1. The van der Waals surface area contributed by atoms with Crippen LogP contribution in [0.2, 0.25) is 0 Å². The lowest BCUT2D eigenvalue weighted by atomic mass is 9.96. The molecule has 2 atom stereocenters. The molecule has 1 saturated heterocycles. The number of nitrogens with zero attached hydrogens (tertiary/aromatic N) is 1. The van der Waals surface area contributed by atoms with E-state index in [0.29, 0.717) is 19.4 Å². The molecule has 2 N–H and O–H groups in total. The van der Waals surface area contributed by atoms with Crippen molar-refractivity contribution in [2.24, 2.45) is 5.92 Å². The molecule has 7 nitrogen and oxygen atoms in total. The summed E-state index contributed by atoms with van der Waals surface area (Å²) in [5, 5.41) is 12.0. The van der Waals surface area contributed by atoms with Crippen molar-refractivity contribution in [1.29, 1.82) is 0 Å². The Hall–Kier alpha value is -1.79. The molecule has 0 aromatic heterocycles. The maximum atomic E-state index is 12.4. The zero-order valence-corrected chi connectivity index (χ0v) is 12.4. The number of carboxylic acid groups (broad SMARTS) is 1. The van der Waals surface area contributed by atoms with Crippen LogP contribution in [0.25, 0.3) is 0 Å². The highest BCUT2D eigenvalue weighted by molar-refractivity contribution is 5.89. The third-order valence-corrected chi connectivity index (χ3v) is 4.28. The van der Waals surface area contributed by atoms with Gasteiger partial charge < -0.3 is 20.1 Å². The predicted molar refractivity (Wildman–Crippen MR) is 73.7 cm³/mol. The Morgan fingerprint density at radius 3 is 2.52 bits per heavy atom. The van der Waals surface area contributed by atoms with Crippen molar-refractivity contribution in [3.05, 3.63) is 0 Å². The monoisotopic (exact) mass is 298 g/mol. The summed E-state index contributed by atoms with van der Waals surface area (Å²) in [5.74, 6) is -1.50. The van der Waals surface area contributed by atoms with Gasteiger partial charge in [-0.05, 0) is 45.4 Å². The van der Waals surface area contributed by atoms with Crippen LogP contribution in [-0.2, 0) is 14.3 Å². The molecule has 2 unspecified atom stereocenters. The first kappa shape index (κ1) is 15.6. The van der Waals surface area contributed by atoms with Crippen LogP contribution in [-0.4, -0.2) is 52.7 Å². The van der Waals surface area contributed by atoms with Gasteiger partial charge in [0.1, 0.15) is 11.6 Å². The van der Waals surface area contributed by atoms with E-state index in [-0.39, 0.29) is 12.5 Å². The molecule has 1 saturated carbocycles. The number of hydrogen-bond acceptors (Lipinski definition) is 4. The summed E-state index contributed by atoms with van der Waals surface area (Å²) in [5.41, 5.74) is -1.26. The Morgan fingerprint density at radius 1 is 1.33 bits per heavy atom. The highest BCUT2D eigenvalue weighted by Gasteiger charge is 2.50. The van der Waals surface area contributed by atoms with Gasteiger partial charge in [-0.3, -0.25) is 0 Å². The van der Waals surface area contributed by atoms with E-state index in [1.165, 1.54) is 11.8 Å². The lowest BCUT2D eigenvalue weighted by Crippen LogP contribution is -2.59. The molecule has 2 aliphatic rings. The molecule has 118 valence electrons. The van der Waals surface area contributed by atoms with E-state index >= 15 is 0 Å². The minimum absolute atomic E-state index is 0.0393. The van der Waals surface area contributed by atoms with Crippen LogP contribution in [0.3, 0.4) is 0 Å². The van der Waals surface area contributed by atoms with Gasteiger partial charge in [0.05, 0.1) is 6.61 Å². The van der Waals surface area contributed by atoms with Crippen LogP contribution < -0.4 is 5.32 Å². The third kappa shape index (κ3) is 3.11. The number of ether oxygens (including phenoxy) is 1. The highest BCUT2D eigenvalue weighted by Crippen LogP contribution is 2.40.